The molecule has 1 N–H and O–H groups in total. The van der Waals surface area contributed by atoms with Crippen molar-refractivity contribution < 1.29 is 5.11 Å². The van der Waals surface area contributed by atoms with Crippen LogP contribution in [0.1, 0.15) is 38.2 Å². The molecule has 4 rings (SSSR count). The predicted molar refractivity (Wildman–Crippen MR) is 82.8 cm³/mol. The molecule has 0 aliphatic heterocycles. The van der Waals surface area contributed by atoms with E-state index in [0.29, 0.717) is 17.3 Å². The first-order chi connectivity index (χ1) is 9.73. The third-order valence-corrected chi connectivity index (χ3v) is 6.02. The average Bonchev–Trinajstić information content (AvgIpc) is 3.03. The second-order valence-electron chi connectivity index (χ2n) is 6.77. The van der Waals surface area contributed by atoms with Gasteiger partial charge in [0.15, 0.2) is 0 Å². The molecule has 0 saturated heterocycles. The Hall–Kier alpha value is -1.34. The Kier molecular flexibility index (Phi) is 2.68. The molecule has 2 aliphatic carbocycles. The summed E-state index contributed by atoms with van der Waals surface area (Å²) in [5.41, 5.74) is 1.81. The van der Waals surface area contributed by atoms with Gasteiger partial charge in [-0.2, -0.15) is 0 Å². The van der Waals surface area contributed by atoms with Crippen LogP contribution in [0.3, 0.4) is 0 Å². The van der Waals surface area contributed by atoms with Crippen LogP contribution in [0.4, 0.5) is 0 Å². The van der Waals surface area contributed by atoms with Gasteiger partial charge < -0.3 is 5.11 Å². The lowest BCUT2D eigenvalue weighted by molar-refractivity contribution is 0.0816. The van der Waals surface area contributed by atoms with E-state index in [9.17, 15) is 5.11 Å². The van der Waals surface area contributed by atoms with Gasteiger partial charge >= 0.3 is 0 Å². The summed E-state index contributed by atoms with van der Waals surface area (Å²) in [6, 6.07) is 15.6. The summed E-state index contributed by atoms with van der Waals surface area (Å²) in [5, 5.41) is 12.7. The molecular formula is C19H22O. The van der Waals surface area contributed by atoms with E-state index < -0.39 is 0 Å². The molecule has 0 aromatic heterocycles. The molecule has 0 radical (unpaired) electrons. The zero-order valence-corrected chi connectivity index (χ0v) is 12.0. The fourth-order valence-electron chi connectivity index (χ4n) is 4.90. The third-order valence-electron chi connectivity index (χ3n) is 6.02. The fraction of sp³-hybridized carbons (Fsp3) is 0.474. The molecule has 4 unspecified atom stereocenters. The average molecular weight is 266 g/mol. The van der Waals surface area contributed by atoms with Crippen molar-refractivity contribution in [2.75, 3.05) is 0 Å². The Bertz CT molecular complexity index is 645. The minimum atomic E-state index is -0.0415. The maximum atomic E-state index is 10.1. The summed E-state index contributed by atoms with van der Waals surface area (Å²) in [7, 11) is 0. The number of fused-ring (bicyclic) bond motifs is 3. The van der Waals surface area contributed by atoms with Crippen LogP contribution in [0.15, 0.2) is 42.5 Å². The van der Waals surface area contributed by atoms with Gasteiger partial charge in [0, 0.05) is 0 Å². The smallest absolute Gasteiger partial charge is 0.0571 e. The maximum Gasteiger partial charge on any atom is 0.0571 e. The van der Waals surface area contributed by atoms with Crippen LogP contribution in [0, 0.1) is 11.8 Å². The lowest BCUT2D eigenvalue weighted by Gasteiger charge is -2.39. The van der Waals surface area contributed by atoms with E-state index >= 15 is 0 Å². The van der Waals surface area contributed by atoms with E-state index in [1.54, 1.807) is 0 Å². The first-order valence-corrected chi connectivity index (χ1v) is 7.90. The topological polar surface area (TPSA) is 20.2 Å². The van der Waals surface area contributed by atoms with Gasteiger partial charge in [-0.15, -0.1) is 0 Å². The third kappa shape index (κ3) is 1.59. The number of benzene rings is 2. The molecule has 1 nitrogen and oxygen atoms in total. The molecule has 1 heteroatoms. The van der Waals surface area contributed by atoms with Crippen molar-refractivity contribution in [3.8, 4) is 0 Å². The highest BCUT2D eigenvalue weighted by Crippen LogP contribution is 2.58. The molecule has 2 fully saturated rings. The molecule has 104 valence electrons. The molecule has 4 atom stereocenters. The maximum absolute atomic E-state index is 10.1. The first-order valence-electron chi connectivity index (χ1n) is 7.90. The van der Waals surface area contributed by atoms with Crippen LogP contribution >= 0.6 is 0 Å². The largest absolute Gasteiger partial charge is 0.393 e. The highest BCUT2D eigenvalue weighted by atomic mass is 16.3. The SMILES string of the molecule is CCC1(c2ccc3ccccc3c2)CC2CC1CC2O. The summed E-state index contributed by atoms with van der Waals surface area (Å²) in [4.78, 5) is 0. The second kappa shape index (κ2) is 4.33. The monoisotopic (exact) mass is 266 g/mol. The van der Waals surface area contributed by atoms with Crippen LogP contribution in [-0.4, -0.2) is 11.2 Å². The number of rotatable bonds is 2. The molecule has 2 saturated carbocycles. The number of aliphatic hydroxyl groups is 1. The summed E-state index contributed by atoms with van der Waals surface area (Å²) < 4.78 is 0. The molecule has 0 amide bonds. The highest BCUT2D eigenvalue weighted by Gasteiger charge is 2.54. The van der Waals surface area contributed by atoms with E-state index in [0.717, 1.165) is 6.42 Å². The van der Waals surface area contributed by atoms with Crippen molar-refractivity contribution >= 4 is 10.8 Å². The lowest BCUT2D eigenvalue weighted by atomic mass is 9.66. The summed E-state index contributed by atoms with van der Waals surface area (Å²) >= 11 is 0. The van der Waals surface area contributed by atoms with Gasteiger partial charge in [-0.3, -0.25) is 0 Å². The van der Waals surface area contributed by atoms with Gasteiger partial charge in [0.25, 0.3) is 0 Å². The van der Waals surface area contributed by atoms with Gasteiger partial charge in [0.2, 0.25) is 0 Å². The van der Waals surface area contributed by atoms with Crippen LogP contribution in [-0.2, 0) is 5.41 Å². The normalized spacial score (nSPS) is 35.8. The fourth-order valence-corrected chi connectivity index (χ4v) is 4.90. The van der Waals surface area contributed by atoms with Crippen LogP contribution < -0.4 is 0 Å². The van der Waals surface area contributed by atoms with Crippen LogP contribution in [0.25, 0.3) is 10.8 Å². The Balaban J connectivity index is 1.81. The van der Waals surface area contributed by atoms with Crippen LogP contribution in [0.2, 0.25) is 0 Å². The van der Waals surface area contributed by atoms with Gasteiger partial charge in [0.05, 0.1) is 6.10 Å². The van der Waals surface area contributed by atoms with E-state index in [2.05, 4.69) is 49.4 Å². The zero-order valence-electron chi connectivity index (χ0n) is 12.0. The van der Waals surface area contributed by atoms with Crippen molar-refractivity contribution in [3.05, 3.63) is 48.0 Å². The molecule has 2 aromatic rings. The van der Waals surface area contributed by atoms with Crippen molar-refractivity contribution in [1.82, 2.24) is 0 Å². The molecular weight excluding hydrogens is 244 g/mol. The minimum absolute atomic E-state index is 0.0415. The van der Waals surface area contributed by atoms with Crippen molar-refractivity contribution in [1.29, 1.82) is 0 Å². The molecule has 2 aliphatic rings. The van der Waals surface area contributed by atoms with Crippen molar-refractivity contribution in [2.45, 2.75) is 44.1 Å². The Morgan fingerprint density at radius 3 is 2.55 bits per heavy atom. The second-order valence-corrected chi connectivity index (χ2v) is 6.77. The van der Waals surface area contributed by atoms with Gasteiger partial charge in [-0.25, -0.2) is 0 Å². The van der Waals surface area contributed by atoms with Gasteiger partial charge in [-0.05, 0) is 59.3 Å². The molecule has 0 spiro atoms. The van der Waals surface area contributed by atoms with Crippen molar-refractivity contribution in [3.63, 3.8) is 0 Å². The van der Waals surface area contributed by atoms with E-state index in [-0.39, 0.29) is 6.10 Å². The molecule has 2 bridgehead atoms. The predicted octanol–water partition coefficient (Wildman–Crippen LogP) is 4.28. The summed E-state index contributed by atoms with van der Waals surface area (Å²) in [6.45, 7) is 2.32. The molecule has 20 heavy (non-hydrogen) atoms. The summed E-state index contributed by atoms with van der Waals surface area (Å²) in [6.07, 6.45) is 4.56. The van der Waals surface area contributed by atoms with E-state index in [4.69, 9.17) is 0 Å². The Morgan fingerprint density at radius 2 is 1.90 bits per heavy atom. The Labute approximate surface area is 120 Å². The zero-order chi connectivity index (χ0) is 13.7. The Morgan fingerprint density at radius 1 is 1.10 bits per heavy atom. The number of aliphatic hydroxyl groups excluding tert-OH is 1. The minimum Gasteiger partial charge on any atom is -0.393 e. The molecule has 2 aromatic carbocycles. The summed E-state index contributed by atoms with van der Waals surface area (Å²) in [5.74, 6) is 1.21. The van der Waals surface area contributed by atoms with Gasteiger partial charge in [0.1, 0.15) is 0 Å². The quantitative estimate of drug-likeness (QED) is 0.860. The molecule has 0 heterocycles. The number of hydrogen-bond acceptors (Lipinski definition) is 1. The lowest BCUT2D eigenvalue weighted by Crippen LogP contribution is -2.36. The number of hydrogen-bond donors (Lipinski definition) is 1. The van der Waals surface area contributed by atoms with E-state index in [1.165, 1.54) is 35.6 Å². The van der Waals surface area contributed by atoms with Crippen molar-refractivity contribution in [2.24, 2.45) is 11.8 Å². The first kappa shape index (κ1) is 12.4. The standard InChI is InChI=1S/C19H22O/c1-2-19(12-15-10-17(19)11-18(15)20)16-8-7-13-5-3-4-6-14(13)9-16/h3-9,15,17-18,20H,2,10-12H2,1H3. The van der Waals surface area contributed by atoms with Gasteiger partial charge in [-0.1, -0.05) is 49.4 Å². The van der Waals surface area contributed by atoms with E-state index in [1.807, 2.05) is 0 Å². The van der Waals surface area contributed by atoms with Crippen LogP contribution in [0.5, 0.6) is 0 Å². The highest BCUT2D eigenvalue weighted by molar-refractivity contribution is 5.83.